The van der Waals surface area contributed by atoms with E-state index in [-0.39, 0.29) is 23.6 Å². The molecule has 2 amide bonds. The van der Waals surface area contributed by atoms with E-state index in [0.717, 1.165) is 18.8 Å². The Morgan fingerprint density at radius 1 is 1.05 bits per heavy atom. The molecule has 1 saturated heterocycles. The molecule has 5 nitrogen and oxygen atoms in total. The summed E-state index contributed by atoms with van der Waals surface area (Å²) in [7, 11) is -2.97. The SMILES string of the molecule is O=C(NC[C@@H]1CCCS1(=O)=O)N[C@H]1C[C@@H]1C1CCCCC1. The quantitative estimate of drug-likeness (QED) is 0.831. The molecule has 0 aromatic carbocycles. The van der Waals surface area contributed by atoms with Crippen molar-refractivity contribution in [2.75, 3.05) is 12.3 Å². The first kappa shape index (κ1) is 15.1. The zero-order chi connectivity index (χ0) is 14.9. The number of rotatable bonds is 4. The average Bonchev–Trinajstić information content (AvgIpc) is 3.13. The van der Waals surface area contributed by atoms with Gasteiger partial charge in [-0.05, 0) is 31.1 Å². The van der Waals surface area contributed by atoms with E-state index < -0.39 is 9.84 Å². The summed E-state index contributed by atoms with van der Waals surface area (Å²) >= 11 is 0. The second-order valence-electron chi connectivity index (χ2n) is 6.89. The lowest BCUT2D eigenvalue weighted by Gasteiger charge is -2.21. The summed E-state index contributed by atoms with van der Waals surface area (Å²) in [5.74, 6) is 1.72. The van der Waals surface area contributed by atoms with Gasteiger partial charge in [0.15, 0.2) is 9.84 Å². The van der Waals surface area contributed by atoms with E-state index in [9.17, 15) is 13.2 Å². The maximum atomic E-state index is 11.9. The monoisotopic (exact) mass is 314 g/mol. The molecule has 120 valence electrons. The summed E-state index contributed by atoms with van der Waals surface area (Å²) in [5, 5.41) is 5.38. The van der Waals surface area contributed by atoms with E-state index in [0.29, 0.717) is 18.4 Å². The molecule has 0 aromatic rings. The van der Waals surface area contributed by atoms with Crippen LogP contribution in [0.15, 0.2) is 0 Å². The molecule has 2 aliphatic carbocycles. The summed E-state index contributed by atoms with van der Waals surface area (Å²) in [4.78, 5) is 11.9. The van der Waals surface area contributed by atoms with Crippen molar-refractivity contribution < 1.29 is 13.2 Å². The fourth-order valence-electron chi connectivity index (χ4n) is 3.98. The molecule has 0 aromatic heterocycles. The number of nitrogens with one attached hydrogen (secondary N) is 2. The Kier molecular flexibility index (Phi) is 4.43. The number of carbonyl (C=O) groups is 1. The molecule has 21 heavy (non-hydrogen) atoms. The third-order valence-corrected chi connectivity index (χ3v) is 7.64. The van der Waals surface area contributed by atoms with Crippen molar-refractivity contribution in [3.63, 3.8) is 0 Å². The van der Waals surface area contributed by atoms with Gasteiger partial charge in [0.05, 0.1) is 11.0 Å². The Balaban J connectivity index is 1.37. The van der Waals surface area contributed by atoms with Gasteiger partial charge in [-0.25, -0.2) is 13.2 Å². The smallest absolute Gasteiger partial charge is 0.315 e. The Morgan fingerprint density at radius 2 is 1.81 bits per heavy atom. The number of sulfone groups is 1. The first-order chi connectivity index (χ1) is 10.1. The number of hydrogen-bond acceptors (Lipinski definition) is 3. The lowest BCUT2D eigenvalue weighted by atomic mass is 9.85. The number of hydrogen-bond donors (Lipinski definition) is 2. The van der Waals surface area contributed by atoms with Crippen molar-refractivity contribution >= 4 is 15.9 Å². The second-order valence-corrected chi connectivity index (χ2v) is 9.29. The van der Waals surface area contributed by atoms with Gasteiger partial charge in [0, 0.05) is 12.6 Å². The summed E-state index contributed by atoms with van der Waals surface area (Å²) < 4.78 is 23.4. The van der Waals surface area contributed by atoms with Gasteiger partial charge in [-0.1, -0.05) is 32.1 Å². The molecule has 0 unspecified atom stereocenters. The van der Waals surface area contributed by atoms with Crippen LogP contribution >= 0.6 is 0 Å². The first-order valence-electron chi connectivity index (χ1n) is 8.32. The number of amides is 2. The van der Waals surface area contributed by atoms with Crippen molar-refractivity contribution in [2.24, 2.45) is 11.8 Å². The van der Waals surface area contributed by atoms with Crippen LogP contribution in [0.5, 0.6) is 0 Å². The van der Waals surface area contributed by atoms with E-state index in [1.165, 1.54) is 32.1 Å². The maximum absolute atomic E-state index is 11.9. The number of carbonyl (C=O) groups excluding carboxylic acids is 1. The largest absolute Gasteiger partial charge is 0.337 e. The minimum absolute atomic E-state index is 0.194. The molecule has 1 aliphatic heterocycles. The maximum Gasteiger partial charge on any atom is 0.315 e. The summed E-state index contributed by atoms with van der Waals surface area (Å²) in [6, 6.07) is 0.119. The van der Waals surface area contributed by atoms with Gasteiger partial charge in [-0.2, -0.15) is 0 Å². The summed E-state index contributed by atoms with van der Waals surface area (Å²) in [6.45, 7) is 0.259. The average molecular weight is 314 g/mol. The lowest BCUT2D eigenvalue weighted by molar-refractivity contribution is 0.238. The van der Waals surface area contributed by atoms with Gasteiger partial charge in [-0.3, -0.25) is 0 Å². The van der Waals surface area contributed by atoms with Crippen LogP contribution in [0, 0.1) is 11.8 Å². The molecule has 0 spiro atoms. The highest BCUT2D eigenvalue weighted by Crippen LogP contribution is 2.44. The minimum Gasteiger partial charge on any atom is -0.337 e. The third kappa shape index (κ3) is 3.71. The van der Waals surface area contributed by atoms with Crippen LogP contribution < -0.4 is 10.6 Å². The predicted molar refractivity (Wildman–Crippen MR) is 81.8 cm³/mol. The Labute approximate surface area is 127 Å². The van der Waals surface area contributed by atoms with Crippen LogP contribution in [0.25, 0.3) is 0 Å². The molecule has 0 radical (unpaired) electrons. The molecule has 3 aliphatic rings. The zero-order valence-corrected chi connectivity index (χ0v) is 13.3. The molecule has 2 N–H and O–H groups in total. The molecule has 0 bridgehead atoms. The first-order valence-corrected chi connectivity index (χ1v) is 10.0. The highest BCUT2D eigenvalue weighted by atomic mass is 32.2. The zero-order valence-electron chi connectivity index (χ0n) is 12.5. The molecule has 6 heteroatoms. The Bertz CT molecular complexity index is 485. The minimum atomic E-state index is -2.97. The van der Waals surface area contributed by atoms with Crippen molar-refractivity contribution in [3.8, 4) is 0 Å². The standard InChI is InChI=1S/C15H26N2O3S/c18-15(16-10-12-7-4-8-21(12,19)20)17-14-9-13(14)11-5-2-1-3-6-11/h11-14H,1-10H2,(H2,16,17,18)/t12-,13+,14-/m0/s1. The van der Waals surface area contributed by atoms with Crippen molar-refractivity contribution in [2.45, 2.75) is 62.7 Å². The van der Waals surface area contributed by atoms with E-state index in [1.807, 2.05) is 0 Å². The molecule has 3 atom stereocenters. The topological polar surface area (TPSA) is 75.3 Å². The van der Waals surface area contributed by atoms with E-state index in [2.05, 4.69) is 10.6 Å². The van der Waals surface area contributed by atoms with Crippen LogP contribution in [0.1, 0.15) is 51.4 Å². The van der Waals surface area contributed by atoms with Gasteiger partial charge in [0.1, 0.15) is 0 Å². The molecular formula is C15H26N2O3S. The van der Waals surface area contributed by atoms with Crippen LogP contribution in [0.3, 0.4) is 0 Å². The normalized spacial score (nSPS) is 35.3. The summed E-state index contributed by atoms with van der Waals surface area (Å²) in [6.07, 6.45) is 9.14. The highest BCUT2D eigenvalue weighted by Gasteiger charge is 2.43. The van der Waals surface area contributed by atoms with Gasteiger partial charge >= 0.3 is 6.03 Å². The fourth-order valence-corrected chi connectivity index (χ4v) is 5.74. The van der Waals surface area contributed by atoms with Crippen molar-refractivity contribution in [1.29, 1.82) is 0 Å². The van der Waals surface area contributed by atoms with Crippen LogP contribution in [-0.2, 0) is 9.84 Å². The lowest BCUT2D eigenvalue weighted by Crippen LogP contribution is -2.42. The van der Waals surface area contributed by atoms with Gasteiger partial charge < -0.3 is 10.6 Å². The molecule has 3 rings (SSSR count). The van der Waals surface area contributed by atoms with Gasteiger partial charge in [-0.15, -0.1) is 0 Å². The predicted octanol–water partition coefficient (Wildman–Crippen LogP) is 1.83. The molecule has 2 saturated carbocycles. The van der Waals surface area contributed by atoms with Crippen LogP contribution in [0.2, 0.25) is 0 Å². The van der Waals surface area contributed by atoms with E-state index in [1.54, 1.807) is 0 Å². The van der Waals surface area contributed by atoms with E-state index in [4.69, 9.17) is 0 Å². The van der Waals surface area contributed by atoms with Crippen LogP contribution in [-0.4, -0.2) is 38.0 Å². The molecule has 3 fully saturated rings. The van der Waals surface area contributed by atoms with Crippen molar-refractivity contribution in [1.82, 2.24) is 10.6 Å². The van der Waals surface area contributed by atoms with E-state index >= 15 is 0 Å². The van der Waals surface area contributed by atoms with Gasteiger partial charge in [0.25, 0.3) is 0 Å². The van der Waals surface area contributed by atoms with Gasteiger partial charge in [0.2, 0.25) is 0 Å². The summed E-state index contributed by atoms with van der Waals surface area (Å²) in [5.41, 5.74) is 0. The third-order valence-electron chi connectivity index (χ3n) is 5.36. The van der Waals surface area contributed by atoms with Crippen molar-refractivity contribution in [3.05, 3.63) is 0 Å². The molecular weight excluding hydrogens is 288 g/mol. The molecule has 1 heterocycles. The number of urea groups is 1. The Morgan fingerprint density at radius 3 is 2.48 bits per heavy atom. The van der Waals surface area contributed by atoms with Crippen LogP contribution in [0.4, 0.5) is 4.79 Å². The highest BCUT2D eigenvalue weighted by molar-refractivity contribution is 7.92. The Hall–Kier alpha value is -0.780. The second kappa shape index (κ2) is 6.15. The fraction of sp³-hybridized carbons (Fsp3) is 0.933.